The van der Waals surface area contributed by atoms with Crippen LogP contribution >= 0.6 is 0 Å². The molecule has 0 atom stereocenters. The molecule has 0 bridgehead atoms. The summed E-state index contributed by atoms with van der Waals surface area (Å²) in [6, 6.07) is 10.4. The van der Waals surface area contributed by atoms with Gasteiger partial charge in [0.15, 0.2) is 5.84 Å². The fraction of sp³-hybridized carbons (Fsp3) is 0.200. The molecule has 11 heteroatoms. The number of carbonyl (C=O) groups excluding carboxylic acids is 1. The van der Waals surface area contributed by atoms with Gasteiger partial charge in [-0.3, -0.25) is 10.1 Å². The predicted octanol–water partition coefficient (Wildman–Crippen LogP) is 3.37. The predicted molar refractivity (Wildman–Crippen MR) is 115 cm³/mol. The van der Waals surface area contributed by atoms with Crippen molar-refractivity contribution in [2.75, 3.05) is 17.2 Å². The number of ether oxygens (including phenoxy) is 1. The van der Waals surface area contributed by atoms with E-state index in [1.54, 1.807) is 38.1 Å². The van der Waals surface area contributed by atoms with E-state index in [1.165, 1.54) is 19.1 Å². The van der Waals surface area contributed by atoms with Crippen molar-refractivity contribution in [2.24, 2.45) is 4.40 Å². The molecule has 0 aliphatic carbocycles. The van der Waals surface area contributed by atoms with Crippen molar-refractivity contribution < 1.29 is 22.9 Å². The maximum Gasteiger partial charge on any atom is 0.343 e. The number of esters is 1. The number of nitro benzene ring substituents is 1. The van der Waals surface area contributed by atoms with Crippen molar-refractivity contribution >= 4 is 38.9 Å². The van der Waals surface area contributed by atoms with Gasteiger partial charge in [-0.2, -0.15) is 8.42 Å². The third-order valence-electron chi connectivity index (χ3n) is 4.48. The number of nitro groups is 1. The number of nitrogens with zero attached hydrogens (tertiary/aromatic N) is 2. The van der Waals surface area contributed by atoms with Gasteiger partial charge in [0.05, 0.1) is 27.8 Å². The van der Waals surface area contributed by atoms with Gasteiger partial charge >= 0.3 is 5.97 Å². The minimum atomic E-state index is -4.40. The highest BCUT2D eigenvalue weighted by molar-refractivity contribution is 7.90. The van der Waals surface area contributed by atoms with Crippen molar-refractivity contribution in [1.29, 1.82) is 0 Å². The highest BCUT2D eigenvalue weighted by atomic mass is 32.2. The molecule has 2 N–H and O–H groups in total. The van der Waals surface area contributed by atoms with Gasteiger partial charge in [0.2, 0.25) is 0 Å². The van der Waals surface area contributed by atoms with E-state index >= 15 is 0 Å². The number of carbonyl (C=O) groups is 1. The van der Waals surface area contributed by atoms with Crippen molar-refractivity contribution in [1.82, 2.24) is 0 Å². The molecular formula is C20H20N4O6S. The first kappa shape index (κ1) is 22.0. The number of hydrogen-bond donors (Lipinski definition) is 2. The van der Waals surface area contributed by atoms with Crippen LogP contribution in [0.3, 0.4) is 0 Å². The summed E-state index contributed by atoms with van der Waals surface area (Å²) in [6.45, 7) is 4.79. The van der Waals surface area contributed by atoms with Crippen molar-refractivity contribution in [3.63, 3.8) is 0 Å². The molecule has 0 aromatic heterocycles. The smallest absolute Gasteiger partial charge is 0.343 e. The van der Waals surface area contributed by atoms with Crippen LogP contribution < -0.4 is 10.6 Å². The van der Waals surface area contributed by atoms with Crippen LogP contribution in [-0.4, -0.2) is 31.8 Å². The Morgan fingerprint density at radius 3 is 2.39 bits per heavy atom. The summed E-state index contributed by atoms with van der Waals surface area (Å²) in [5, 5.41) is 17.1. The number of aryl methyl sites for hydroxylation is 1. The number of hydrogen-bond acceptors (Lipinski definition) is 7. The van der Waals surface area contributed by atoms with Gasteiger partial charge in [0.25, 0.3) is 15.7 Å². The highest BCUT2D eigenvalue weighted by Crippen LogP contribution is 2.29. The van der Waals surface area contributed by atoms with Crippen LogP contribution in [-0.2, 0) is 19.6 Å². The van der Waals surface area contributed by atoms with E-state index in [9.17, 15) is 23.3 Å². The van der Waals surface area contributed by atoms with Gasteiger partial charge in [0, 0.05) is 17.3 Å². The fourth-order valence-corrected chi connectivity index (χ4v) is 3.96. The Balaban J connectivity index is 2.18. The van der Waals surface area contributed by atoms with E-state index in [1.807, 2.05) is 0 Å². The lowest BCUT2D eigenvalue weighted by Gasteiger charge is -2.12. The number of benzene rings is 2. The summed E-state index contributed by atoms with van der Waals surface area (Å²) in [7, 11) is -4.40. The van der Waals surface area contributed by atoms with Crippen LogP contribution in [0.2, 0.25) is 0 Å². The molecule has 10 nitrogen and oxygen atoms in total. The lowest BCUT2D eigenvalue weighted by molar-refractivity contribution is -0.385. The summed E-state index contributed by atoms with van der Waals surface area (Å²) in [5.41, 5.74) is 1.30. The molecule has 1 aliphatic rings. The van der Waals surface area contributed by atoms with Crippen LogP contribution in [0, 0.1) is 17.0 Å². The number of para-hydroxylation sites is 2. The first-order chi connectivity index (χ1) is 14.6. The third kappa shape index (κ3) is 4.56. The summed E-state index contributed by atoms with van der Waals surface area (Å²) in [5.74, 6) is -1.02. The molecule has 3 rings (SSSR count). The second-order valence-electron chi connectivity index (χ2n) is 6.64. The molecule has 0 unspecified atom stereocenters. The second-order valence-corrected chi connectivity index (χ2v) is 8.24. The monoisotopic (exact) mass is 444 g/mol. The zero-order valence-corrected chi connectivity index (χ0v) is 17.8. The molecule has 2 aromatic carbocycles. The molecule has 31 heavy (non-hydrogen) atoms. The Labute approximate surface area is 178 Å². The average molecular weight is 444 g/mol. The van der Waals surface area contributed by atoms with E-state index in [0.29, 0.717) is 22.6 Å². The quantitative estimate of drug-likeness (QED) is 0.406. The largest absolute Gasteiger partial charge is 0.462 e. The Hall–Kier alpha value is -3.73. The zero-order valence-electron chi connectivity index (χ0n) is 17.0. The number of sulfonamides is 1. The zero-order chi connectivity index (χ0) is 22.8. The standard InChI is InChI=1S/C20H20N4O6S/c1-4-30-20(25)18-13(3)21-15-7-5-6-8-16(15)22-19(18)23-31(28,29)14-10-9-12(2)17(11-14)24(26)27/h5-11,21H,4H2,1-3H3,(H,22,23). The van der Waals surface area contributed by atoms with Crippen LogP contribution in [0.5, 0.6) is 0 Å². The number of nitrogens with one attached hydrogen (secondary N) is 2. The molecule has 0 saturated heterocycles. The van der Waals surface area contributed by atoms with Crippen LogP contribution in [0.1, 0.15) is 19.4 Å². The number of anilines is 2. The SMILES string of the molecule is CCOC(=O)C1=C(C)Nc2ccccc2N/C1=N/S(=O)(=O)c1ccc(C)c([N+](=O)[O-])c1. The molecule has 0 radical (unpaired) electrons. The van der Waals surface area contributed by atoms with Crippen molar-refractivity contribution in [3.8, 4) is 0 Å². The van der Waals surface area contributed by atoms with E-state index < -0.39 is 20.9 Å². The molecule has 0 amide bonds. The molecule has 2 aromatic rings. The molecule has 0 fully saturated rings. The minimum absolute atomic E-state index is 0.0761. The normalized spacial score (nSPS) is 14.9. The number of amidine groups is 1. The Morgan fingerprint density at radius 2 is 1.77 bits per heavy atom. The summed E-state index contributed by atoms with van der Waals surface area (Å²) in [4.78, 5) is 22.8. The van der Waals surface area contributed by atoms with Crippen LogP contribution in [0.4, 0.5) is 17.1 Å². The first-order valence-electron chi connectivity index (χ1n) is 9.25. The summed E-state index contributed by atoms with van der Waals surface area (Å²) >= 11 is 0. The Kier molecular flexibility index (Phi) is 6.07. The topological polar surface area (TPSA) is 140 Å². The molecule has 162 valence electrons. The van der Waals surface area contributed by atoms with Gasteiger partial charge in [-0.25, -0.2) is 4.79 Å². The van der Waals surface area contributed by atoms with E-state index in [4.69, 9.17) is 4.74 Å². The number of fused-ring (bicyclic) bond motifs is 1. The minimum Gasteiger partial charge on any atom is -0.462 e. The van der Waals surface area contributed by atoms with E-state index in [0.717, 1.165) is 6.07 Å². The second kappa shape index (κ2) is 8.56. The van der Waals surface area contributed by atoms with E-state index in [-0.39, 0.29) is 28.6 Å². The summed E-state index contributed by atoms with van der Waals surface area (Å²) in [6.07, 6.45) is 0. The highest BCUT2D eigenvalue weighted by Gasteiger charge is 2.28. The van der Waals surface area contributed by atoms with Gasteiger partial charge in [-0.15, -0.1) is 4.40 Å². The molecule has 1 aliphatic heterocycles. The van der Waals surface area contributed by atoms with Gasteiger partial charge in [0.1, 0.15) is 5.57 Å². The van der Waals surface area contributed by atoms with Gasteiger partial charge in [-0.05, 0) is 39.0 Å². The number of allylic oxidation sites excluding steroid dienone is 1. The maximum absolute atomic E-state index is 13.0. The lowest BCUT2D eigenvalue weighted by atomic mass is 10.2. The van der Waals surface area contributed by atoms with Crippen LogP contribution in [0.25, 0.3) is 0 Å². The van der Waals surface area contributed by atoms with E-state index in [2.05, 4.69) is 15.0 Å². The van der Waals surface area contributed by atoms with Crippen LogP contribution in [0.15, 0.2) is 63.0 Å². The Morgan fingerprint density at radius 1 is 1.13 bits per heavy atom. The lowest BCUT2D eigenvalue weighted by Crippen LogP contribution is -2.25. The molecular weight excluding hydrogens is 424 g/mol. The fourth-order valence-electron chi connectivity index (χ4n) is 2.97. The maximum atomic E-state index is 13.0. The molecule has 0 saturated carbocycles. The summed E-state index contributed by atoms with van der Waals surface area (Å²) < 4.78 is 34.9. The van der Waals surface area contributed by atoms with Gasteiger partial charge in [-0.1, -0.05) is 18.2 Å². The third-order valence-corrected chi connectivity index (χ3v) is 5.75. The molecule has 1 heterocycles. The van der Waals surface area contributed by atoms with Crippen molar-refractivity contribution in [2.45, 2.75) is 25.7 Å². The number of rotatable bonds is 5. The van der Waals surface area contributed by atoms with Gasteiger partial charge < -0.3 is 15.4 Å². The van der Waals surface area contributed by atoms with Crippen molar-refractivity contribution in [3.05, 3.63) is 69.4 Å². The Bertz CT molecular complexity index is 1230. The average Bonchev–Trinajstić information content (AvgIpc) is 2.82. The first-order valence-corrected chi connectivity index (χ1v) is 10.7. The molecule has 0 spiro atoms.